The molecule has 0 heterocycles. The molecule has 0 aromatic heterocycles. The summed E-state index contributed by atoms with van der Waals surface area (Å²) in [5, 5.41) is 12.5. The molecule has 6 nitrogen and oxygen atoms in total. The van der Waals surface area contributed by atoms with Crippen molar-refractivity contribution < 1.29 is 24.2 Å². The van der Waals surface area contributed by atoms with Crippen LogP contribution in [0.2, 0.25) is 0 Å². The van der Waals surface area contributed by atoms with Crippen molar-refractivity contribution in [3.05, 3.63) is 84.5 Å². The molecular formula is C32H45NO5. The normalized spacial score (nSPS) is 12.9. The molecule has 0 aliphatic carbocycles. The van der Waals surface area contributed by atoms with E-state index in [1.165, 1.54) is 25.3 Å². The van der Waals surface area contributed by atoms with Crippen LogP contribution < -0.4 is 5.32 Å². The van der Waals surface area contributed by atoms with E-state index in [1.54, 1.807) is 0 Å². The van der Waals surface area contributed by atoms with Crippen LogP contribution in [0.3, 0.4) is 0 Å². The van der Waals surface area contributed by atoms with Gasteiger partial charge in [-0.1, -0.05) is 74.6 Å². The summed E-state index contributed by atoms with van der Waals surface area (Å²) in [6.45, 7) is 4.53. The molecule has 0 bridgehead atoms. The number of carbonyl (C=O) groups is 2. The molecular weight excluding hydrogens is 478 g/mol. The van der Waals surface area contributed by atoms with E-state index in [4.69, 9.17) is 4.74 Å². The minimum Gasteiger partial charge on any atom is -0.507 e. The summed E-state index contributed by atoms with van der Waals surface area (Å²) >= 11 is 0. The summed E-state index contributed by atoms with van der Waals surface area (Å²) in [4.78, 5) is 24.3. The second-order valence-electron chi connectivity index (χ2n) is 8.68. The van der Waals surface area contributed by atoms with Gasteiger partial charge in [-0.3, -0.25) is 4.79 Å². The number of esters is 1. The van der Waals surface area contributed by atoms with Gasteiger partial charge < -0.3 is 19.9 Å². The van der Waals surface area contributed by atoms with E-state index in [0.717, 1.165) is 51.4 Å². The van der Waals surface area contributed by atoms with E-state index in [-0.39, 0.29) is 17.2 Å². The van der Waals surface area contributed by atoms with Crippen LogP contribution in [0.15, 0.2) is 79.0 Å². The summed E-state index contributed by atoms with van der Waals surface area (Å²) in [5.41, 5.74) is 0.392. The first-order chi connectivity index (χ1) is 18.5. The van der Waals surface area contributed by atoms with Gasteiger partial charge in [0.15, 0.2) is 0 Å². The zero-order valence-corrected chi connectivity index (χ0v) is 23.2. The molecule has 2 N–H and O–H groups in total. The molecule has 0 fully saturated rings. The van der Waals surface area contributed by atoms with Gasteiger partial charge in [0, 0.05) is 12.3 Å². The molecule has 1 rings (SSSR count). The number of allylic oxidation sites excluding steroid dienone is 10. The Kier molecular flexibility index (Phi) is 18.6. The molecule has 1 aromatic carbocycles. The summed E-state index contributed by atoms with van der Waals surface area (Å²) in [6, 6.07) is 4.26. The van der Waals surface area contributed by atoms with Crippen molar-refractivity contribution in [1.29, 1.82) is 0 Å². The lowest BCUT2D eigenvalue weighted by Gasteiger charge is -2.16. The standard InChI is InChI=1S/C32H45NO5/c1-4-6-7-8-9-10-11-12-13-14-15-16-17-18-19-20-21-22-25-38-30(5-2)31(35)33-27-23-24-29(34)28(26-27)32(36)37-3/h6-7,9-10,12-13,15-16,18-19,23-24,26,30,34H,4-5,8,11,14,17,20-22,25H2,1-3H3,(H,33,35). The quantitative estimate of drug-likeness (QED) is 0.0835. The maximum Gasteiger partial charge on any atom is 0.341 e. The Morgan fingerprint density at radius 1 is 0.868 bits per heavy atom. The van der Waals surface area contributed by atoms with Crippen LogP contribution in [0.1, 0.15) is 82.0 Å². The highest BCUT2D eigenvalue weighted by molar-refractivity contribution is 5.97. The number of carbonyl (C=O) groups excluding carboxylic acids is 2. The average Bonchev–Trinajstić information content (AvgIpc) is 2.92. The number of benzene rings is 1. The zero-order chi connectivity index (χ0) is 27.8. The Hall–Kier alpha value is -3.38. The van der Waals surface area contributed by atoms with Crippen molar-refractivity contribution in [1.82, 2.24) is 0 Å². The molecule has 1 aromatic rings. The number of nitrogens with one attached hydrogen (secondary N) is 1. The summed E-state index contributed by atoms with van der Waals surface area (Å²) in [7, 11) is 1.23. The smallest absolute Gasteiger partial charge is 0.341 e. The third kappa shape index (κ3) is 15.0. The van der Waals surface area contributed by atoms with E-state index in [2.05, 4.69) is 77.7 Å². The van der Waals surface area contributed by atoms with E-state index >= 15 is 0 Å². The Labute approximate surface area is 228 Å². The number of ether oxygens (including phenoxy) is 2. The van der Waals surface area contributed by atoms with Crippen LogP contribution in [-0.4, -0.2) is 36.8 Å². The summed E-state index contributed by atoms with van der Waals surface area (Å²) in [6.07, 6.45) is 29.7. The van der Waals surface area contributed by atoms with Gasteiger partial charge in [0.05, 0.1) is 7.11 Å². The number of phenols is 1. The molecule has 0 saturated heterocycles. The Morgan fingerprint density at radius 2 is 1.45 bits per heavy atom. The molecule has 1 unspecified atom stereocenters. The van der Waals surface area contributed by atoms with Crippen LogP contribution in [0.4, 0.5) is 5.69 Å². The van der Waals surface area contributed by atoms with Gasteiger partial charge in [0.2, 0.25) is 0 Å². The highest BCUT2D eigenvalue weighted by Gasteiger charge is 2.18. The van der Waals surface area contributed by atoms with E-state index < -0.39 is 12.1 Å². The van der Waals surface area contributed by atoms with Crippen molar-refractivity contribution in [2.75, 3.05) is 19.0 Å². The minimum atomic E-state index is -0.672. The van der Waals surface area contributed by atoms with Gasteiger partial charge in [-0.25, -0.2) is 4.79 Å². The number of hydrogen-bond acceptors (Lipinski definition) is 5. The predicted molar refractivity (Wildman–Crippen MR) is 156 cm³/mol. The van der Waals surface area contributed by atoms with Gasteiger partial charge in [-0.05, 0) is 76.0 Å². The second kappa shape index (κ2) is 21.7. The number of aromatic hydroxyl groups is 1. The molecule has 0 aliphatic rings. The Morgan fingerprint density at radius 3 is 2.00 bits per heavy atom. The maximum absolute atomic E-state index is 12.6. The lowest BCUT2D eigenvalue weighted by molar-refractivity contribution is -0.127. The number of anilines is 1. The number of hydrogen-bond donors (Lipinski definition) is 2. The largest absolute Gasteiger partial charge is 0.507 e. The molecule has 1 atom stereocenters. The number of unbranched alkanes of at least 4 members (excludes halogenated alkanes) is 2. The molecule has 1 amide bonds. The lowest BCUT2D eigenvalue weighted by atomic mass is 10.1. The SMILES string of the molecule is CCC=CCC=CCC=CCC=CCC=CCCCCOC(CC)C(=O)Nc1ccc(O)c(C(=O)OC)c1. The zero-order valence-electron chi connectivity index (χ0n) is 23.2. The molecule has 38 heavy (non-hydrogen) atoms. The lowest BCUT2D eigenvalue weighted by Crippen LogP contribution is -2.30. The fourth-order valence-corrected chi connectivity index (χ4v) is 3.45. The van der Waals surface area contributed by atoms with Gasteiger partial charge in [0.1, 0.15) is 17.4 Å². The molecule has 0 saturated carbocycles. The third-order valence-electron chi connectivity index (χ3n) is 5.57. The first-order valence-electron chi connectivity index (χ1n) is 13.6. The molecule has 6 heteroatoms. The fraction of sp³-hybridized carbons (Fsp3) is 0.438. The third-order valence-corrected chi connectivity index (χ3v) is 5.57. The second-order valence-corrected chi connectivity index (χ2v) is 8.68. The number of amides is 1. The van der Waals surface area contributed by atoms with Crippen molar-refractivity contribution >= 4 is 17.6 Å². The molecule has 208 valence electrons. The van der Waals surface area contributed by atoms with Crippen molar-refractivity contribution in [3.63, 3.8) is 0 Å². The Bertz CT molecular complexity index is 959. The van der Waals surface area contributed by atoms with Gasteiger partial charge >= 0.3 is 5.97 Å². The van der Waals surface area contributed by atoms with Crippen LogP contribution >= 0.6 is 0 Å². The first-order valence-corrected chi connectivity index (χ1v) is 13.6. The highest BCUT2D eigenvalue weighted by atomic mass is 16.5. The van der Waals surface area contributed by atoms with Crippen molar-refractivity contribution in [2.24, 2.45) is 0 Å². The van der Waals surface area contributed by atoms with Crippen molar-refractivity contribution in [2.45, 2.75) is 77.7 Å². The highest BCUT2D eigenvalue weighted by Crippen LogP contribution is 2.22. The Balaban J connectivity index is 2.18. The summed E-state index contributed by atoms with van der Waals surface area (Å²) < 4.78 is 10.4. The fourth-order valence-electron chi connectivity index (χ4n) is 3.45. The summed E-state index contributed by atoms with van der Waals surface area (Å²) in [5.74, 6) is -1.16. The number of rotatable bonds is 19. The van der Waals surface area contributed by atoms with Crippen LogP contribution in [0, 0.1) is 0 Å². The minimum absolute atomic E-state index is 0.00527. The van der Waals surface area contributed by atoms with E-state index in [0.29, 0.717) is 18.7 Å². The molecule has 0 aliphatic heterocycles. The molecule has 0 spiro atoms. The first kappa shape index (κ1) is 32.6. The molecule has 0 radical (unpaired) electrons. The average molecular weight is 524 g/mol. The number of methoxy groups -OCH3 is 1. The van der Waals surface area contributed by atoms with Gasteiger partial charge in [-0.15, -0.1) is 0 Å². The van der Waals surface area contributed by atoms with Crippen LogP contribution in [-0.2, 0) is 14.3 Å². The van der Waals surface area contributed by atoms with Gasteiger partial charge in [-0.2, -0.15) is 0 Å². The van der Waals surface area contributed by atoms with Gasteiger partial charge in [0.25, 0.3) is 5.91 Å². The predicted octanol–water partition coefficient (Wildman–Crippen LogP) is 7.83. The van der Waals surface area contributed by atoms with Crippen molar-refractivity contribution in [3.8, 4) is 5.75 Å². The number of phenolic OH excluding ortho intramolecular Hbond substituents is 1. The van der Waals surface area contributed by atoms with Crippen LogP contribution in [0.5, 0.6) is 5.75 Å². The van der Waals surface area contributed by atoms with E-state index in [1.807, 2.05) is 6.92 Å². The monoisotopic (exact) mass is 523 g/mol. The maximum atomic E-state index is 12.6. The van der Waals surface area contributed by atoms with Crippen LogP contribution in [0.25, 0.3) is 0 Å². The topological polar surface area (TPSA) is 84.9 Å². The van der Waals surface area contributed by atoms with E-state index in [9.17, 15) is 14.7 Å².